The molecule has 0 aliphatic heterocycles. The number of carbonyl (C=O) groups excluding carboxylic acids is 1. The first-order valence-corrected chi connectivity index (χ1v) is 10.8. The van der Waals surface area contributed by atoms with Gasteiger partial charge in [-0.3, -0.25) is 9.48 Å². The Kier molecular flexibility index (Phi) is 5.92. The van der Waals surface area contributed by atoms with E-state index in [1.165, 1.54) is 6.07 Å². The van der Waals surface area contributed by atoms with Crippen LogP contribution in [0.3, 0.4) is 0 Å². The van der Waals surface area contributed by atoms with Crippen molar-refractivity contribution in [3.05, 3.63) is 76.4 Å². The first kappa shape index (κ1) is 21.2. The Morgan fingerprint density at radius 2 is 2.03 bits per heavy atom. The van der Waals surface area contributed by atoms with Crippen LogP contribution in [0.2, 0.25) is 0 Å². The first-order valence-electron chi connectivity index (χ1n) is 10.8. The van der Waals surface area contributed by atoms with E-state index in [1.54, 1.807) is 19.1 Å². The van der Waals surface area contributed by atoms with Crippen molar-refractivity contribution in [2.45, 2.75) is 52.8 Å². The number of aliphatic hydroxyl groups is 1. The summed E-state index contributed by atoms with van der Waals surface area (Å²) in [6, 6.07) is 10.3. The van der Waals surface area contributed by atoms with Gasteiger partial charge in [0.05, 0.1) is 18.3 Å². The van der Waals surface area contributed by atoms with Crippen LogP contribution in [0, 0.1) is 25.6 Å². The summed E-state index contributed by atoms with van der Waals surface area (Å²) in [5.74, 6) is -0.0804. The number of nitrogens with one attached hydrogen (secondary N) is 1. The van der Waals surface area contributed by atoms with E-state index < -0.39 is 0 Å². The summed E-state index contributed by atoms with van der Waals surface area (Å²) in [5.41, 5.74) is 5.34. The molecular weight excluding hydrogens is 393 g/mol. The summed E-state index contributed by atoms with van der Waals surface area (Å²) in [7, 11) is 0. The van der Waals surface area contributed by atoms with Gasteiger partial charge in [0.25, 0.3) is 5.91 Å². The summed E-state index contributed by atoms with van der Waals surface area (Å²) in [4.78, 5) is 13.2. The highest BCUT2D eigenvalue weighted by Crippen LogP contribution is 2.41. The lowest BCUT2D eigenvalue weighted by Crippen LogP contribution is -2.30. The second kappa shape index (κ2) is 8.63. The molecule has 0 saturated heterocycles. The third-order valence-electron chi connectivity index (χ3n) is 5.94. The van der Waals surface area contributed by atoms with Crippen LogP contribution in [-0.4, -0.2) is 20.8 Å². The standard InChI is InChI=1S/C25H28FN3O2/c1-4-29-13-22(16(3)28-29)20-10-17(14-30)11-21(12-20)25(31)27-24(18-5-6-18)19-7-8-23(26)15(2)9-19/h7-13,18,24,30H,4-6,14H2,1-3H3,(H,27,31). The molecule has 1 aliphatic carbocycles. The van der Waals surface area contributed by atoms with Crippen LogP contribution >= 0.6 is 0 Å². The normalized spacial score (nSPS) is 14.5. The smallest absolute Gasteiger partial charge is 0.251 e. The molecule has 1 heterocycles. The van der Waals surface area contributed by atoms with Crippen molar-refractivity contribution in [3.63, 3.8) is 0 Å². The number of aliphatic hydroxyl groups excluding tert-OH is 1. The van der Waals surface area contributed by atoms with Gasteiger partial charge in [-0.05, 0) is 86.1 Å². The molecule has 4 rings (SSSR count). The Balaban J connectivity index is 1.65. The molecule has 1 atom stereocenters. The molecule has 1 aromatic heterocycles. The highest BCUT2D eigenvalue weighted by Gasteiger charge is 2.34. The molecule has 2 N–H and O–H groups in total. The molecule has 3 aromatic rings. The van der Waals surface area contributed by atoms with E-state index in [0.717, 1.165) is 41.8 Å². The average molecular weight is 422 g/mol. The maximum Gasteiger partial charge on any atom is 0.251 e. The summed E-state index contributed by atoms with van der Waals surface area (Å²) in [5, 5.41) is 17.4. The number of aromatic nitrogens is 2. The van der Waals surface area contributed by atoms with Gasteiger partial charge >= 0.3 is 0 Å². The SMILES string of the molecule is CCn1cc(-c2cc(CO)cc(C(=O)NC(c3ccc(F)c(C)c3)C3CC3)c2)c(C)n1. The predicted molar refractivity (Wildman–Crippen MR) is 118 cm³/mol. The number of halogens is 1. The Hall–Kier alpha value is -2.99. The summed E-state index contributed by atoms with van der Waals surface area (Å²) >= 11 is 0. The first-order chi connectivity index (χ1) is 14.9. The Morgan fingerprint density at radius 3 is 2.65 bits per heavy atom. The van der Waals surface area contributed by atoms with Crippen LogP contribution in [0.5, 0.6) is 0 Å². The van der Waals surface area contributed by atoms with Gasteiger partial charge in [0.2, 0.25) is 0 Å². The van der Waals surface area contributed by atoms with E-state index in [-0.39, 0.29) is 24.4 Å². The molecule has 1 saturated carbocycles. The second-order valence-corrected chi connectivity index (χ2v) is 8.36. The number of amides is 1. The van der Waals surface area contributed by atoms with Gasteiger partial charge in [0.1, 0.15) is 5.82 Å². The van der Waals surface area contributed by atoms with Gasteiger partial charge in [-0.25, -0.2) is 4.39 Å². The van der Waals surface area contributed by atoms with Gasteiger partial charge in [-0.2, -0.15) is 5.10 Å². The van der Waals surface area contributed by atoms with Gasteiger partial charge in [-0.15, -0.1) is 0 Å². The monoisotopic (exact) mass is 421 g/mol. The largest absolute Gasteiger partial charge is 0.392 e. The lowest BCUT2D eigenvalue weighted by Gasteiger charge is -2.20. The molecule has 0 bridgehead atoms. The van der Waals surface area contributed by atoms with E-state index in [9.17, 15) is 14.3 Å². The van der Waals surface area contributed by atoms with Crippen molar-refractivity contribution in [3.8, 4) is 11.1 Å². The minimum Gasteiger partial charge on any atom is -0.392 e. The molecule has 1 fully saturated rings. The minimum absolute atomic E-state index is 0.154. The van der Waals surface area contributed by atoms with E-state index in [4.69, 9.17) is 0 Å². The lowest BCUT2D eigenvalue weighted by molar-refractivity contribution is 0.0931. The third-order valence-corrected chi connectivity index (χ3v) is 5.94. The minimum atomic E-state index is -0.243. The zero-order valence-electron chi connectivity index (χ0n) is 18.2. The summed E-state index contributed by atoms with van der Waals surface area (Å²) < 4.78 is 15.6. The number of hydrogen-bond acceptors (Lipinski definition) is 3. The third kappa shape index (κ3) is 4.54. The van der Waals surface area contributed by atoms with Gasteiger partial charge in [-0.1, -0.05) is 12.1 Å². The molecular formula is C25H28FN3O2. The Labute approximate surface area is 181 Å². The predicted octanol–water partition coefficient (Wildman–Crippen LogP) is 4.70. The zero-order valence-corrected chi connectivity index (χ0v) is 18.2. The number of benzene rings is 2. The molecule has 2 aromatic carbocycles. The molecule has 162 valence electrons. The highest BCUT2D eigenvalue weighted by molar-refractivity contribution is 5.96. The molecule has 5 nitrogen and oxygen atoms in total. The highest BCUT2D eigenvalue weighted by atomic mass is 19.1. The van der Waals surface area contributed by atoms with E-state index >= 15 is 0 Å². The number of rotatable bonds is 7. The molecule has 6 heteroatoms. The molecule has 1 amide bonds. The van der Waals surface area contributed by atoms with E-state index in [1.807, 2.05) is 42.9 Å². The maximum atomic E-state index is 13.7. The summed E-state index contributed by atoms with van der Waals surface area (Å²) in [6.45, 7) is 6.30. The van der Waals surface area contributed by atoms with Crippen molar-refractivity contribution >= 4 is 5.91 Å². The van der Waals surface area contributed by atoms with Crippen LogP contribution in [0.25, 0.3) is 11.1 Å². The van der Waals surface area contributed by atoms with Crippen LogP contribution in [0.15, 0.2) is 42.6 Å². The van der Waals surface area contributed by atoms with Gasteiger partial charge in [0.15, 0.2) is 0 Å². The summed E-state index contributed by atoms with van der Waals surface area (Å²) in [6.07, 6.45) is 4.04. The molecule has 31 heavy (non-hydrogen) atoms. The fraction of sp³-hybridized carbons (Fsp3) is 0.360. The Bertz CT molecular complexity index is 1120. The lowest BCUT2D eigenvalue weighted by atomic mass is 9.98. The second-order valence-electron chi connectivity index (χ2n) is 8.36. The zero-order chi connectivity index (χ0) is 22.1. The van der Waals surface area contributed by atoms with Gasteiger partial charge < -0.3 is 10.4 Å². The van der Waals surface area contributed by atoms with Crippen molar-refractivity contribution < 1.29 is 14.3 Å². The average Bonchev–Trinajstić information content (AvgIpc) is 3.54. The molecule has 1 aliphatic rings. The fourth-order valence-corrected chi connectivity index (χ4v) is 4.02. The molecule has 0 radical (unpaired) electrons. The van der Waals surface area contributed by atoms with Crippen molar-refractivity contribution in [1.29, 1.82) is 0 Å². The van der Waals surface area contributed by atoms with Crippen molar-refractivity contribution in [1.82, 2.24) is 15.1 Å². The van der Waals surface area contributed by atoms with Crippen LogP contribution < -0.4 is 5.32 Å². The number of carbonyl (C=O) groups is 1. The Morgan fingerprint density at radius 1 is 1.26 bits per heavy atom. The topological polar surface area (TPSA) is 67.2 Å². The number of hydrogen-bond donors (Lipinski definition) is 2. The van der Waals surface area contributed by atoms with Crippen LogP contribution in [0.4, 0.5) is 4.39 Å². The van der Waals surface area contributed by atoms with Crippen molar-refractivity contribution in [2.75, 3.05) is 0 Å². The van der Waals surface area contributed by atoms with Crippen LogP contribution in [0.1, 0.15) is 58.5 Å². The molecule has 0 spiro atoms. The van der Waals surface area contributed by atoms with Crippen LogP contribution in [-0.2, 0) is 13.2 Å². The fourth-order valence-electron chi connectivity index (χ4n) is 4.02. The van der Waals surface area contributed by atoms with E-state index in [0.29, 0.717) is 22.6 Å². The quantitative estimate of drug-likeness (QED) is 0.581. The van der Waals surface area contributed by atoms with Gasteiger partial charge in [0, 0.05) is 23.9 Å². The number of nitrogens with zero attached hydrogens (tertiary/aromatic N) is 2. The number of aryl methyl sites for hydroxylation is 3. The van der Waals surface area contributed by atoms with Crippen molar-refractivity contribution in [2.24, 2.45) is 5.92 Å². The molecule has 1 unspecified atom stereocenters. The maximum absolute atomic E-state index is 13.7. The van der Waals surface area contributed by atoms with E-state index in [2.05, 4.69) is 10.4 Å².